The van der Waals surface area contributed by atoms with Gasteiger partial charge in [-0.1, -0.05) is 37.6 Å². The third kappa shape index (κ3) is 6.30. The van der Waals surface area contributed by atoms with Crippen molar-refractivity contribution in [2.75, 3.05) is 39.3 Å². The number of guanidine groups is 1. The fraction of sp³-hybridized carbons (Fsp3) is 0.579. The number of halogens is 2. The van der Waals surface area contributed by atoms with Crippen LogP contribution in [0, 0.1) is 0 Å². The summed E-state index contributed by atoms with van der Waals surface area (Å²) in [6.45, 7) is 12.7. The average molecular weight is 493 g/mol. The third-order valence-electron chi connectivity index (χ3n) is 4.59. The summed E-state index contributed by atoms with van der Waals surface area (Å²) in [5.41, 5.74) is 1.08. The standard InChI is InChI=1S/C19H29ClN4O.HI/c1-5-21-18(24-11-9-23(10-12-24)15(2)25)22-14-19(3,4)16-7-6-8-17(20)13-16;/h6-8,13H,5,9-12,14H2,1-4H3,(H,21,22);1H. The smallest absolute Gasteiger partial charge is 0.219 e. The zero-order valence-corrected chi connectivity index (χ0v) is 19.2. The summed E-state index contributed by atoms with van der Waals surface area (Å²) < 4.78 is 0. The summed E-state index contributed by atoms with van der Waals surface area (Å²) >= 11 is 6.14. The fourth-order valence-corrected chi connectivity index (χ4v) is 3.12. The molecule has 1 aromatic rings. The molecule has 146 valence electrons. The van der Waals surface area contributed by atoms with E-state index in [0.29, 0.717) is 6.54 Å². The van der Waals surface area contributed by atoms with Crippen LogP contribution in [-0.4, -0.2) is 60.9 Å². The van der Waals surface area contributed by atoms with E-state index in [1.807, 2.05) is 23.1 Å². The van der Waals surface area contributed by atoms with Crippen LogP contribution >= 0.6 is 35.6 Å². The van der Waals surface area contributed by atoms with E-state index in [0.717, 1.165) is 43.7 Å². The summed E-state index contributed by atoms with van der Waals surface area (Å²) in [5.74, 6) is 1.06. The van der Waals surface area contributed by atoms with E-state index in [2.05, 4.69) is 37.1 Å². The number of carbonyl (C=O) groups is 1. The highest BCUT2D eigenvalue weighted by Crippen LogP contribution is 2.26. The number of hydrogen-bond acceptors (Lipinski definition) is 2. The van der Waals surface area contributed by atoms with Gasteiger partial charge in [-0.05, 0) is 24.6 Å². The lowest BCUT2D eigenvalue weighted by atomic mass is 9.85. The molecule has 0 bridgehead atoms. The first kappa shape index (κ1) is 23.0. The fourth-order valence-electron chi connectivity index (χ4n) is 2.93. The zero-order valence-electron chi connectivity index (χ0n) is 16.1. The molecule has 1 fully saturated rings. The van der Waals surface area contributed by atoms with E-state index in [4.69, 9.17) is 16.6 Å². The van der Waals surface area contributed by atoms with Gasteiger partial charge in [-0.25, -0.2) is 0 Å². The normalized spacial score (nSPS) is 15.5. The van der Waals surface area contributed by atoms with Gasteiger partial charge in [-0.2, -0.15) is 0 Å². The van der Waals surface area contributed by atoms with E-state index in [-0.39, 0.29) is 35.3 Å². The highest BCUT2D eigenvalue weighted by atomic mass is 127. The highest BCUT2D eigenvalue weighted by molar-refractivity contribution is 14.0. The first-order valence-electron chi connectivity index (χ1n) is 8.88. The van der Waals surface area contributed by atoms with Crippen molar-refractivity contribution in [2.45, 2.75) is 33.1 Å². The number of amides is 1. The van der Waals surface area contributed by atoms with Gasteiger partial charge >= 0.3 is 0 Å². The minimum Gasteiger partial charge on any atom is -0.357 e. The Morgan fingerprint density at radius 1 is 1.23 bits per heavy atom. The molecule has 26 heavy (non-hydrogen) atoms. The van der Waals surface area contributed by atoms with Crippen LogP contribution in [-0.2, 0) is 10.2 Å². The van der Waals surface area contributed by atoms with Gasteiger partial charge in [0.15, 0.2) is 5.96 Å². The molecular weight excluding hydrogens is 463 g/mol. The lowest BCUT2D eigenvalue weighted by molar-refractivity contribution is -0.130. The Balaban J connectivity index is 0.00000338. The molecule has 0 saturated carbocycles. The molecule has 5 nitrogen and oxygen atoms in total. The summed E-state index contributed by atoms with van der Waals surface area (Å²) in [6.07, 6.45) is 0. The van der Waals surface area contributed by atoms with Gasteiger partial charge in [0, 0.05) is 50.1 Å². The Morgan fingerprint density at radius 2 is 1.85 bits per heavy atom. The van der Waals surface area contributed by atoms with E-state index in [1.165, 1.54) is 5.56 Å². The number of rotatable bonds is 4. The van der Waals surface area contributed by atoms with Gasteiger partial charge < -0.3 is 15.1 Å². The molecule has 1 amide bonds. The molecule has 0 radical (unpaired) electrons. The van der Waals surface area contributed by atoms with Crippen LogP contribution < -0.4 is 5.32 Å². The van der Waals surface area contributed by atoms with Crippen molar-refractivity contribution in [3.8, 4) is 0 Å². The van der Waals surface area contributed by atoms with E-state index >= 15 is 0 Å². The van der Waals surface area contributed by atoms with Crippen LogP contribution in [0.4, 0.5) is 0 Å². The number of benzene rings is 1. The number of nitrogens with zero attached hydrogens (tertiary/aromatic N) is 3. The third-order valence-corrected chi connectivity index (χ3v) is 4.82. The molecule has 1 heterocycles. The number of aliphatic imine (C=N–C) groups is 1. The van der Waals surface area contributed by atoms with Gasteiger partial charge in [0.1, 0.15) is 0 Å². The number of nitrogens with one attached hydrogen (secondary N) is 1. The quantitative estimate of drug-likeness (QED) is 0.398. The first-order valence-corrected chi connectivity index (χ1v) is 9.26. The first-order chi connectivity index (χ1) is 11.8. The summed E-state index contributed by atoms with van der Waals surface area (Å²) in [4.78, 5) is 20.5. The van der Waals surface area contributed by atoms with Crippen molar-refractivity contribution in [1.29, 1.82) is 0 Å². The predicted molar refractivity (Wildman–Crippen MR) is 120 cm³/mol. The molecule has 0 aliphatic carbocycles. The Morgan fingerprint density at radius 3 is 2.38 bits per heavy atom. The molecule has 1 aromatic carbocycles. The van der Waals surface area contributed by atoms with Crippen LogP contribution in [0.15, 0.2) is 29.3 Å². The van der Waals surface area contributed by atoms with E-state index in [9.17, 15) is 4.79 Å². The molecular formula is C19H30ClIN4O. The molecule has 1 aliphatic rings. The molecule has 1 saturated heterocycles. The van der Waals surface area contributed by atoms with Crippen LogP contribution in [0.2, 0.25) is 5.02 Å². The minimum atomic E-state index is -0.104. The number of carbonyl (C=O) groups excluding carboxylic acids is 1. The molecule has 7 heteroatoms. The van der Waals surface area contributed by atoms with E-state index in [1.54, 1.807) is 6.92 Å². The summed E-state index contributed by atoms with van der Waals surface area (Å²) in [5, 5.41) is 4.13. The zero-order chi connectivity index (χ0) is 18.4. The number of piperazine rings is 1. The highest BCUT2D eigenvalue weighted by Gasteiger charge is 2.24. The van der Waals surface area contributed by atoms with Crippen LogP contribution in [0.3, 0.4) is 0 Å². The maximum atomic E-state index is 11.5. The average Bonchev–Trinajstić information content (AvgIpc) is 2.58. The van der Waals surface area contributed by atoms with Crippen LogP contribution in [0.25, 0.3) is 0 Å². The lowest BCUT2D eigenvalue weighted by Crippen LogP contribution is -2.53. The van der Waals surface area contributed by atoms with Crippen molar-refractivity contribution >= 4 is 47.4 Å². The minimum absolute atomic E-state index is 0. The van der Waals surface area contributed by atoms with Gasteiger partial charge in [0.05, 0.1) is 6.54 Å². The van der Waals surface area contributed by atoms with Gasteiger partial charge in [0.25, 0.3) is 0 Å². The lowest BCUT2D eigenvalue weighted by Gasteiger charge is -2.36. The Labute approximate surface area is 179 Å². The number of hydrogen-bond donors (Lipinski definition) is 1. The second-order valence-corrected chi connectivity index (χ2v) is 7.49. The van der Waals surface area contributed by atoms with Crippen molar-refractivity contribution in [1.82, 2.24) is 15.1 Å². The molecule has 1 aliphatic heterocycles. The predicted octanol–water partition coefficient (Wildman–Crippen LogP) is 3.37. The summed E-state index contributed by atoms with van der Waals surface area (Å²) in [6, 6.07) is 7.98. The van der Waals surface area contributed by atoms with Crippen LogP contribution in [0.1, 0.15) is 33.3 Å². The molecule has 0 spiro atoms. The maximum Gasteiger partial charge on any atom is 0.219 e. The molecule has 0 atom stereocenters. The Hall–Kier alpha value is -1.02. The second kappa shape index (κ2) is 10.3. The van der Waals surface area contributed by atoms with Crippen LogP contribution in [0.5, 0.6) is 0 Å². The van der Waals surface area contributed by atoms with Crippen molar-refractivity contribution in [3.63, 3.8) is 0 Å². The monoisotopic (exact) mass is 492 g/mol. The van der Waals surface area contributed by atoms with Crippen molar-refractivity contribution < 1.29 is 4.79 Å². The Kier molecular flexibility index (Phi) is 9.16. The summed E-state index contributed by atoms with van der Waals surface area (Å²) in [7, 11) is 0. The maximum absolute atomic E-state index is 11.5. The Bertz CT molecular complexity index is 628. The van der Waals surface area contributed by atoms with Gasteiger partial charge in [-0.3, -0.25) is 9.79 Å². The molecule has 0 aromatic heterocycles. The topological polar surface area (TPSA) is 47.9 Å². The van der Waals surface area contributed by atoms with E-state index < -0.39 is 0 Å². The largest absolute Gasteiger partial charge is 0.357 e. The SMILES string of the molecule is CCNC(=NCC(C)(C)c1cccc(Cl)c1)N1CCN(C(C)=O)CC1.I. The van der Waals surface area contributed by atoms with Gasteiger partial charge in [0.2, 0.25) is 5.91 Å². The van der Waals surface area contributed by atoms with Crippen molar-refractivity contribution in [2.24, 2.45) is 4.99 Å². The second-order valence-electron chi connectivity index (χ2n) is 7.06. The van der Waals surface area contributed by atoms with Crippen molar-refractivity contribution in [3.05, 3.63) is 34.9 Å². The molecule has 2 rings (SSSR count). The molecule has 0 unspecified atom stereocenters. The molecule has 1 N–H and O–H groups in total. The van der Waals surface area contributed by atoms with Gasteiger partial charge in [-0.15, -0.1) is 24.0 Å².